The van der Waals surface area contributed by atoms with E-state index in [0.29, 0.717) is 18.9 Å². The second-order valence-electron chi connectivity index (χ2n) is 5.41. The Morgan fingerprint density at radius 3 is 2.68 bits per heavy atom. The lowest BCUT2D eigenvalue weighted by atomic mass is 10.00. The van der Waals surface area contributed by atoms with Crippen molar-refractivity contribution < 1.29 is 21.6 Å². The van der Waals surface area contributed by atoms with Gasteiger partial charge in [0.25, 0.3) is 0 Å². The average Bonchev–Trinajstić information content (AvgIpc) is 2.46. The number of nitrogens with two attached hydrogens (primary N) is 1. The van der Waals surface area contributed by atoms with E-state index in [-0.39, 0.29) is 6.54 Å². The molecule has 2 heterocycles. The van der Waals surface area contributed by atoms with Crippen molar-refractivity contribution in [3.8, 4) is 0 Å². The average molecular weight is 337 g/mol. The Hall–Kier alpha value is -1.19. The van der Waals surface area contributed by atoms with Gasteiger partial charge in [-0.2, -0.15) is 17.5 Å². The molecule has 124 valence electrons. The Labute approximate surface area is 127 Å². The number of pyridine rings is 1. The highest BCUT2D eigenvalue weighted by atomic mass is 32.2. The van der Waals surface area contributed by atoms with Gasteiger partial charge in [0.15, 0.2) is 0 Å². The highest BCUT2D eigenvalue weighted by molar-refractivity contribution is 7.89. The number of sulfonamides is 1. The summed E-state index contributed by atoms with van der Waals surface area (Å²) in [4.78, 5) is 2.74. The summed E-state index contributed by atoms with van der Waals surface area (Å²) in [5.74, 6) is 0. The quantitative estimate of drug-likeness (QED) is 0.915. The van der Waals surface area contributed by atoms with E-state index in [2.05, 4.69) is 4.98 Å². The van der Waals surface area contributed by atoms with Crippen LogP contribution in [0, 0.1) is 0 Å². The van der Waals surface area contributed by atoms with Gasteiger partial charge in [-0.1, -0.05) is 6.42 Å². The van der Waals surface area contributed by atoms with Gasteiger partial charge in [-0.15, -0.1) is 0 Å². The lowest BCUT2D eigenvalue weighted by molar-refractivity contribution is -0.140. The van der Waals surface area contributed by atoms with Crippen LogP contribution < -0.4 is 5.73 Å². The molecule has 0 amide bonds. The first-order valence-electron chi connectivity index (χ1n) is 6.94. The third kappa shape index (κ3) is 3.26. The van der Waals surface area contributed by atoms with Crippen molar-refractivity contribution in [2.45, 2.75) is 49.3 Å². The molecular weight excluding hydrogens is 319 g/mol. The molecule has 1 fully saturated rings. The minimum atomic E-state index is -4.76. The molecule has 5 nitrogen and oxygen atoms in total. The Bertz CT molecular complexity index is 632. The highest BCUT2D eigenvalue weighted by Crippen LogP contribution is 2.36. The first-order chi connectivity index (χ1) is 10.2. The Morgan fingerprint density at radius 2 is 2.09 bits per heavy atom. The molecule has 0 saturated carbocycles. The molecule has 1 aromatic heterocycles. The van der Waals surface area contributed by atoms with Crippen LogP contribution in [-0.4, -0.2) is 36.3 Å². The summed E-state index contributed by atoms with van der Waals surface area (Å²) in [7, 11) is -4.30. The highest BCUT2D eigenvalue weighted by Gasteiger charge is 2.42. The van der Waals surface area contributed by atoms with Gasteiger partial charge in [-0.05, 0) is 25.8 Å². The molecule has 9 heteroatoms. The lowest BCUT2D eigenvalue weighted by Gasteiger charge is -2.37. The molecule has 1 aliphatic heterocycles. The van der Waals surface area contributed by atoms with Crippen LogP contribution in [0.5, 0.6) is 0 Å². The van der Waals surface area contributed by atoms with E-state index in [1.54, 1.807) is 6.92 Å². The van der Waals surface area contributed by atoms with E-state index >= 15 is 0 Å². The maximum absolute atomic E-state index is 13.1. The van der Waals surface area contributed by atoms with Crippen molar-refractivity contribution in [2.24, 2.45) is 5.73 Å². The summed E-state index contributed by atoms with van der Waals surface area (Å²) in [6.07, 6.45) is -1.13. The largest absolute Gasteiger partial charge is 0.417 e. The first-order valence-corrected chi connectivity index (χ1v) is 8.38. The fourth-order valence-electron chi connectivity index (χ4n) is 2.70. The van der Waals surface area contributed by atoms with Crippen molar-refractivity contribution >= 4 is 10.0 Å². The van der Waals surface area contributed by atoms with Gasteiger partial charge in [0.2, 0.25) is 10.0 Å². The number of alkyl halides is 3. The molecule has 0 radical (unpaired) electrons. The molecule has 2 N–H and O–H groups in total. The molecule has 0 aliphatic carbocycles. The number of hydrogen-bond donors (Lipinski definition) is 1. The third-order valence-electron chi connectivity index (χ3n) is 3.78. The van der Waals surface area contributed by atoms with Crippen LogP contribution >= 0.6 is 0 Å². The third-order valence-corrected chi connectivity index (χ3v) is 5.73. The molecule has 0 bridgehead atoms. The van der Waals surface area contributed by atoms with E-state index in [9.17, 15) is 21.6 Å². The maximum atomic E-state index is 13.1. The minimum absolute atomic E-state index is 0.167. The fraction of sp³-hybridized carbons (Fsp3) is 0.615. The van der Waals surface area contributed by atoms with Gasteiger partial charge < -0.3 is 5.73 Å². The van der Waals surface area contributed by atoms with E-state index in [0.717, 1.165) is 23.1 Å². The Balaban J connectivity index is 2.51. The van der Waals surface area contributed by atoms with E-state index in [1.165, 1.54) is 0 Å². The van der Waals surface area contributed by atoms with E-state index in [1.807, 2.05) is 0 Å². The van der Waals surface area contributed by atoms with Gasteiger partial charge >= 0.3 is 6.18 Å². The summed E-state index contributed by atoms with van der Waals surface area (Å²) in [5.41, 5.74) is 4.61. The first kappa shape index (κ1) is 17.2. The topological polar surface area (TPSA) is 76.3 Å². The smallest absolute Gasteiger partial charge is 0.326 e. The fourth-order valence-corrected chi connectivity index (χ4v) is 4.63. The molecule has 2 atom stereocenters. The second kappa shape index (κ2) is 6.13. The summed E-state index contributed by atoms with van der Waals surface area (Å²) in [6, 6.07) is -0.279. The summed E-state index contributed by atoms with van der Waals surface area (Å²) >= 11 is 0. The van der Waals surface area contributed by atoms with Gasteiger partial charge in [-0.25, -0.2) is 8.42 Å². The van der Waals surface area contributed by atoms with Gasteiger partial charge in [0, 0.05) is 31.0 Å². The number of hydrogen-bond acceptors (Lipinski definition) is 4. The molecule has 0 spiro atoms. The van der Waals surface area contributed by atoms with Crippen molar-refractivity contribution in [1.82, 2.24) is 9.29 Å². The number of aromatic nitrogens is 1. The zero-order chi connectivity index (χ0) is 16.5. The number of nitrogens with zero attached hydrogens (tertiary/aromatic N) is 2. The zero-order valence-electron chi connectivity index (χ0n) is 12.0. The summed E-state index contributed by atoms with van der Waals surface area (Å²) in [5, 5.41) is 0. The number of rotatable bonds is 3. The molecule has 1 aromatic rings. The zero-order valence-corrected chi connectivity index (χ0v) is 12.9. The second-order valence-corrected chi connectivity index (χ2v) is 7.27. The molecule has 1 aliphatic rings. The number of halogens is 3. The van der Waals surface area contributed by atoms with Crippen LogP contribution in [0.1, 0.15) is 31.7 Å². The Kier molecular flexibility index (Phi) is 4.78. The molecule has 0 aromatic carbocycles. The lowest BCUT2D eigenvalue weighted by Crippen LogP contribution is -2.51. The normalized spacial score (nSPS) is 22.5. The minimum Gasteiger partial charge on any atom is -0.326 e. The molecule has 1 saturated heterocycles. The molecular formula is C13H18F3N3O2S. The van der Waals surface area contributed by atoms with Crippen LogP contribution in [0.3, 0.4) is 0 Å². The van der Waals surface area contributed by atoms with Crippen molar-refractivity contribution in [3.05, 3.63) is 24.0 Å². The Morgan fingerprint density at radius 1 is 1.41 bits per heavy atom. The van der Waals surface area contributed by atoms with E-state index < -0.39 is 38.7 Å². The SMILES string of the molecule is CC(N)C1CCCCN1S(=O)(=O)c1cnccc1C(F)(F)F. The van der Waals surface area contributed by atoms with Crippen molar-refractivity contribution in [2.75, 3.05) is 6.54 Å². The monoisotopic (exact) mass is 337 g/mol. The van der Waals surface area contributed by atoms with Crippen molar-refractivity contribution in [3.63, 3.8) is 0 Å². The van der Waals surface area contributed by atoms with Crippen LogP contribution in [-0.2, 0) is 16.2 Å². The predicted molar refractivity (Wildman–Crippen MR) is 74.4 cm³/mol. The standard InChI is InChI=1S/C13H18F3N3O2S/c1-9(17)11-4-2-3-7-19(11)22(20,21)12-8-18-6-5-10(12)13(14,15)16/h5-6,8-9,11H,2-4,7,17H2,1H3. The molecule has 2 rings (SSSR count). The molecule has 2 unspecified atom stereocenters. The number of piperidine rings is 1. The van der Waals surface area contributed by atoms with Crippen LogP contribution in [0.25, 0.3) is 0 Å². The predicted octanol–water partition coefficient (Wildman–Crippen LogP) is 1.99. The van der Waals surface area contributed by atoms with Gasteiger partial charge in [0.1, 0.15) is 4.90 Å². The maximum Gasteiger partial charge on any atom is 0.417 e. The summed E-state index contributed by atoms with van der Waals surface area (Å²) in [6.45, 7) is 1.83. The van der Waals surface area contributed by atoms with Gasteiger partial charge in [0.05, 0.1) is 5.56 Å². The van der Waals surface area contributed by atoms with Crippen LogP contribution in [0.15, 0.2) is 23.4 Å². The summed E-state index contributed by atoms with van der Waals surface area (Å²) < 4.78 is 65.7. The van der Waals surface area contributed by atoms with Crippen molar-refractivity contribution in [1.29, 1.82) is 0 Å². The van der Waals surface area contributed by atoms with Crippen LogP contribution in [0.2, 0.25) is 0 Å². The van der Waals surface area contributed by atoms with Gasteiger partial charge in [-0.3, -0.25) is 4.98 Å². The van der Waals surface area contributed by atoms with Crippen LogP contribution in [0.4, 0.5) is 13.2 Å². The van der Waals surface area contributed by atoms with E-state index in [4.69, 9.17) is 5.73 Å². The molecule has 22 heavy (non-hydrogen) atoms.